The molecule has 0 spiro atoms. The minimum atomic E-state index is -3.47. The van der Waals surface area contributed by atoms with E-state index in [1.807, 2.05) is 19.9 Å². The zero-order chi connectivity index (χ0) is 14.2. The van der Waals surface area contributed by atoms with E-state index in [4.69, 9.17) is 5.73 Å². The minimum Gasteiger partial charge on any atom is -0.398 e. The van der Waals surface area contributed by atoms with Gasteiger partial charge in [-0.2, -0.15) is 0 Å². The molecule has 19 heavy (non-hydrogen) atoms. The molecule has 1 aliphatic rings. The quantitative estimate of drug-likeness (QED) is 0.832. The van der Waals surface area contributed by atoms with Crippen LogP contribution < -0.4 is 10.5 Å². The molecule has 0 heterocycles. The summed E-state index contributed by atoms with van der Waals surface area (Å²) in [7, 11) is -3.47. The maximum atomic E-state index is 12.5. The lowest BCUT2D eigenvalue weighted by molar-refractivity contribution is 0.316. The Hall–Kier alpha value is -1.07. The van der Waals surface area contributed by atoms with E-state index in [1.54, 1.807) is 6.92 Å². The van der Waals surface area contributed by atoms with Gasteiger partial charge in [-0.3, -0.25) is 0 Å². The zero-order valence-corrected chi connectivity index (χ0v) is 12.6. The van der Waals surface area contributed by atoms with Crippen LogP contribution in [0.3, 0.4) is 0 Å². The summed E-state index contributed by atoms with van der Waals surface area (Å²) >= 11 is 0. The normalized spacial score (nSPS) is 16.4. The van der Waals surface area contributed by atoms with Gasteiger partial charge in [0.1, 0.15) is 0 Å². The van der Waals surface area contributed by atoms with Crippen molar-refractivity contribution >= 4 is 15.7 Å². The van der Waals surface area contributed by atoms with Crippen molar-refractivity contribution in [3.8, 4) is 0 Å². The van der Waals surface area contributed by atoms with Gasteiger partial charge in [0.2, 0.25) is 10.0 Å². The number of nitrogen functional groups attached to an aromatic ring is 1. The van der Waals surface area contributed by atoms with Gasteiger partial charge in [0, 0.05) is 12.2 Å². The van der Waals surface area contributed by atoms with Gasteiger partial charge in [-0.15, -0.1) is 0 Å². The predicted molar refractivity (Wildman–Crippen MR) is 77.6 cm³/mol. The molecule has 1 saturated carbocycles. The van der Waals surface area contributed by atoms with Crippen LogP contribution in [0.1, 0.15) is 36.0 Å². The number of nitrogens with two attached hydrogens (primary N) is 1. The smallest absolute Gasteiger partial charge is 0.241 e. The Balaban J connectivity index is 2.33. The average molecular weight is 282 g/mol. The number of rotatable bonds is 4. The topological polar surface area (TPSA) is 72.2 Å². The highest BCUT2D eigenvalue weighted by Gasteiger charge is 2.25. The maximum absolute atomic E-state index is 12.5. The van der Waals surface area contributed by atoms with Crippen LogP contribution in [0.5, 0.6) is 0 Å². The largest absolute Gasteiger partial charge is 0.398 e. The molecular formula is C14H22N2O2S. The average Bonchev–Trinajstić information content (AvgIpc) is 2.24. The Morgan fingerprint density at radius 3 is 2.42 bits per heavy atom. The van der Waals surface area contributed by atoms with Crippen LogP contribution >= 0.6 is 0 Å². The van der Waals surface area contributed by atoms with Crippen LogP contribution in [0.2, 0.25) is 0 Å². The first-order valence-corrected chi connectivity index (χ1v) is 8.17. The highest BCUT2D eigenvalue weighted by molar-refractivity contribution is 7.89. The molecular weight excluding hydrogens is 260 g/mol. The van der Waals surface area contributed by atoms with Gasteiger partial charge >= 0.3 is 0 Å². The summed E-state index contributed by atoms with van der Waals surface area (Å²) in [6.45, 7) is 6.02. The molecule has 1 fully saturated rings. The highest BCUT2D eigenvalue weighted by atomic mass is 32.2. The standard InChI is InChI=1S/C14H22N2O2S/c1-9-7-13(15)11(3)14(10(9)2)19(17,18)16-8-12-5-4-6-12/h7,12,16H,4-6,8,15H2,1-3H3. The number of nitrogens with one attached hydrogen (secondary N) is 1. The number of hydrogen-bond donors (Lipinski definition) is 2. The molecule has 0 radical (unpaired) electrons. The van der Waals surface area contributed by atoms with E-state index in [9.17, 15) is 8.42 Å². The first kappa shape index (κ1) is 14.3. The van der Waals surface area contributed by atoms with Crippen LogP contribution in [0, 0.1) is 26.7 Å². The Morgan fingerprint density at radius 2 is 1.89 bits per heavy atom. The second kappa shape index (κ2) is 5.13. The minimum absolute atomic E-state index is 0.351. The molecule has 0 amide bonds. The number of hydrogen-bond acceptors (Lipinski definition) is 3. The molecule has 0 aliphatic heterocycles. The van der Waals surface area contributed by atoms with E-state index in [2.05, 4.69) is 4.72 Å². The van der Waals surface area contributed by atoms with E-state index in [1.165, 1.54) is 6.42 Å². The van der Waals surface area contributed by atoms with E-state index in [0.29, 0.717) is 28.6 Å². The van der Waals surface area contributed by atoms with Gasteiger partial charge in [0.25, 0.3) is 0 Å². The number of sulfonamides is 1. The molecule has 0 unspecified atom stereocenters. The third kappa shape index (κ3) is 2.77. The summed E-state index contributed by atoms with van der Waals surface area (Å²) in [5.41, 5.74) is 8.76. The molecule has 2 rings (SSSR count). The molecule has 1 aromatic carbocycles. The van der Waals surface area contributed by atoms with Crippen LogP contribution in [0.4, 0.5) is 5.69 Å². The van der Waals surface area contributed by atoms with Crippen molar-refractivity contribution in [1.82, 2.24) is 4.72 Å². The van der Waals surface area contributed by atoms with Gasteiger partial charge in [-0.25, -0.2) is 13.1 Å². The SMILES string of the molecule is Cc1cc(N)c(C)c(S(=O)(=O)NCC2CCC2)c1C. The molecule has 1 aromatic rings. The second-order valence-corrected chi connectivity index (χ2v) is 7.21. The summed E-state index contributed by atoms with van der Waals surface area (Å²) in [5.74, 6) is 0.498. The fraction of sp³-hybridized carbons (Fsp3) is 0.571. The van der Waals surface area contributed by atoms with Gasteiger partial charge in [0.15, 0.2) is 0 Å². The third-order valence-electron chi connectivity index (χ3n) is 4.13. The summed E-state index contributed by atoms with van der Waals surface area (Å²) in [5, 5.41) is 0. The lowest BCUT2D eigenvalue weighted by atomic mass is 9.86. The Kier molecular flexibility index (Phi) is 3.87. The fourth-order valence-corrected chi connectivity index (χ4v) is 4.13. The van der Waals surface area contributed by atoms with Crippen molar-refractivity contribution in [2.24, 2.45) is 5.92 Å². The fourth-order valence-electron chi connectivity index (χ4n) is 2.44. The van der Waals surface area contributed by atoms with Crippen LogP contribution in [0.15, 0.2) is 11.0 Å². The predicted octanol–water partition coefficient (Wildman–Crippen LogP) is 2.27. The van der Waals surface area contributed by atoms with Gasteiger partial charge in [-0.1, -0.05) is 6.42 Å². The first-order chi connectivity index (χ1) is 8.83. The van der Waals surface area contributed by atoms with E-state index in [0.717, 1.165) is 24.0 Å². The number of benzene rings is 1. The molecule has 1 aliphatic carbocycles. The van der Waals surface area contributed by atoms with Crippen molar-refractivity contribution < 1.29 is 8.42 Å². The molecule has 0 aromatic heterocycles. The maximum Gasteiger partial charge on any atom is 0.241 e. The monoisotopic (exact) mass is 282 g/mol. The lowest BCUT2D eigenvalue weighted by Gasteiger charge is -2.26. The number of aryl methyl sites for hydroxylation is 1. The van der Waals surface area contributed by atoms with Crippen molar-refractivity contribution in [2.45, 2.75) is 44.9 Å². The molecule has 4 nitrogen and oxygen atoms in total. The summed E-state index contributed by atoms with van der Waals surface area (Å²) < 4.78 is 27.6. The Bertz CT molecular complexity index is 564. The first-order valence-electron chi connectivity index (χ1n) is 6.69. The van der Waals surface area contributed by atoms with E-state index < -0.39 is 10.0 Å². The van der Waals surface area contributed by atoms with Crippen LogP contribution in [-0.2, 0) is 10.0 Å². The molecule has 5 heteroatoms. The summed E-state index contributed by atoms with van der Waals surface area (Å²) in [6.07, 6.45) is 3.45. The highest BCUT2D eigenvalue weighted by Crippen LogP contribution is 2.29. The van der Waals surface area contributed by atoms with Gasteiger partial charge in [0.05, 0.1) is 4.90 Å². The van der Waals surface area contributed by atoms with E-state index in [-0.39, 0.29) is 0 Å². The van der Waals surface area contributed by atoms with Crippen molar-refractivity contribution in [3.63, 3.8) is 0 Å². The molecule has 3 N–H and O–H groups in total. The molecule has 0 saturated heterocycles. The van der Waals surface area contributed by atoms with Crippen molar-refractivity contribution in [3.05, 3.63) is 22.8 Å². The lowest BCUT2D eigenvalue weighted by Crippen LogP contribution is -2.33. The molecule has 0 atom stereocenters. The second-order valence-electron chi connectivity index (χ2n) is 5.51. The summed E-state index contributed by atoms with van der Waals surface area (Å²) in [4.78, 5) is 0.351. The zero-order valence-electron chi connectivity index (χ0n) is 11.8. The van der Waals surface area contributed by atoms with Crippen LogP contribution in [0.25, 0.3) is 0 Å². The van der Waals surface area contributed by atoms with Gasteiger partial charge in [-0.05, 0) is 62.3 Å². The Labute approximate surface area is 115 Å². The van der Waals surface area contributed by atoms with Crippen molar-refractivity contribution in [1.29, 1.82) is 0 Å². The van der Waals surface area contributed by atoms with Crippen molar-refractivity contribution in [2.75, 3.05) is 12.3 Å². The number of anilines is 1. The van der Waals surface area contributed by atoms with Gasteiger partial charge < -0.3 is 5.73 Å². The summed E-state index contributed by atoms with van der Waals surface area (Å²) in [6, 6.07) is 1.83. The molecule has 106 valence electrons. The van der Waals surface area contributed by atoms with Crippen LogP contribution in [-0.4, -0.2) is 15.0 Å². The third-order valence-corrected chi connectivity index (χ3v) is 5.83. The Morgan fingerprint density at radius 1 is 1.26 bits per heavy atom. The van der Waals surface area contributed by atoms with E-state index >= 15 is 0 Å². The molecule has 0 bridgehead atoms.